The molecule has 1 aliphatic rings. The molecule has 0 aliphatic carbocycles. The number of aromatic nitrogens is 1. The summed E-state index contributed by atoms with van der Waals surface area (Å²) in [5.41, 5.74) is 1.12. The van der Waals surface area contributed by atoms with E-state index in [0.29, 0.717) is 12.6 Å². The average molecular weight is 419 g/mol. The summed E-state index contributed by atoms with van der Waals surface area (Å²) in [7, 11) is 0. The first-order chi connectivity index (χ1) is 14.5. The van der Waals surface area contributed by atoms with E-state index in [-0.39, 0.29) is 6.10 Å². The van der Waals surface area contributed by atoms with Crippen LogP contribution in [0.15, 0.2) is 23.3 Å². The Morgan fingerprint density at radius 3 is 2.77 bits per heavy atom. The van der Waals surface area contributed by atoms with Gasteiger partial charge in [0.25, 0.3) is 0 Å². The molecule has 1 aliphatic heterocycles. The van der Waals surface area contributed by atoms with Gasteiger partial charge in [-0.25, -0.2) is 9.98 Å². The van der Waals surface area contributed by atoms with E-state index in [1.807, 2.05) is 6.20 Å². The lowest BCUT2D eigenvalue weighted by molar-refractivity contribution is 0.0529. The highest BCUT2D eigenvalue weighted by atomic mass is 16.5. The third-order valence-corrected chi connectivity index (χ3v) is 5.53. The van der Waals surface area contributed by atoms with Gasteiger partial charge in [0.1, 0.15) is 5.82 Å². The summed E-state index contributed by atoms with van der Waals surface area (Å²) in [4.78, 5) is 14.2. The van der Waals surface area contributed by atoms with E-state index in [4.69, 9.17) is 9.73 Å². The Kier molecular flexibility index (Phi) is 10.9. The molecule has 0 amide bonds. The lowest BCUT2D eigenvalue weighted by atomic mass is 10.2. The maximum Gasteiger partial charge on any atom is 0.191 e. The lowest BCUT2D eigenvalue weighted by Gasteiger charge is -2.32. The van der Waals surface area contributed by atoms with Gasteiger partial charge < -0.3 is 25.2 Å². The molecule has 2 rings (SSSR count). The van der Waals surface area contributed by atoms with Gasteiger partial charge in [-0.1, -0.05) is 19.9 Å². The number of pyridine rings is 1. The van der Waals surface area contributed by atoms with Crippen molar-refractivity contribution in [2.24, 2.45) is 4.99 Å². The molecule has 7 nitrogen and oxygen atoms in total. The van der Waals surface area contributed by atoms with Crippen LogP contribution in [0.2, 0.25) is 0 Å². The topological polar surface area (TPSA) is 65.0 Å². The van der Waals surface area contributed by atoms with E-state index in [2.05, 4.69) is 72.2 Å². The number of aliphatic imine (C=N–C) groups is 1. The van der Waals surface area contributed by atoms with Gasteiger partial charge in [0.2, 0.25) is 0 Å². The third-order valence-electron chi connectivity index (χ3n) is 5.53. The van der Waals surface area contributed by atoms with Crippen LogP contribution in [0.5, 0.6) is 0 Å². The lowest BCUT2D eigenvalue weighted by Crippen LogP contribution is -2.42. The van der Waals surface area contributed by atoms with Crippen molar-refractivity contribution in [2.75, 3.05) is 50.8 Å². The van der Waals surface area contributed by atoms with Crippen molar-refractivity contribution < 1.29 is 4.74 Å². The largest absolute Gasteiger partial charge is 0.375 e. The molecule has 0 saturated carbocycles. The number of ether oxygens (including phenoxy) is 1. The van der Waals surface area contributed by atoms with Gasteiger partial charge in [-0.15, -0.1) is 0 Å². The maximum atomic E-state index is 5.62. The summed E-state index contributed by atoms with van der Waals surface area (Å²) >= 11 is 0. The predicted molar refractivity (Wildman–Crippen MR) is 126 cm³/mol. The summed E-state index contributed by atoms with van der Waals surface area (Å²) in [5.74, 6) is 1.89. The van der Waals surface area contributed by atoms with Crippen LogP contribution < -0.4 is 15.5 Å². The van der Waals surface area contributed by atoms with Crippen LogP contribution in [0.3, 0.4) is 0 Å². The molecule has 30 heavy (non-hydrogen) atoms. The highest BCUT2D eigenvalue weighted by molar-refractivity contribution is 5.80. The van der Waals surface area contributed by atoms with Crippen LogP contribution >= 0.6 is 0 Å². The second-order valence-corrected chi connectivity index (χ2v) is 8.06. The number of hydrogen-bond acceptors (Lipinski definition) is 5. The molecule has 1 aromatic rings. The number of nitrogens with one attached hydrogen (secondary N) is 2. The zero-order chi connectivity index (χ0) is 21.8. The quantitative estimate of drug-likeness (QED) is 0.426. The molecule has 1 aromatic heterocycles. The van der Waals surface area contributed by atoms with Crippen molar-refractivity contribution in [1.29, 1.82) is 0 Å². The Morgan fingerprint density at radius 1 is 1.33 bits per heavy atom. The monoisotopic (exact) mass is 418 g/mol. The SMILES string of the molecule is CCNC(=NCc1ccc(N2CCOC(C)C2)nc1)NC(C)CCCN(CC)CC. The van der Waals surface area contributed by atoms with E-state index in [0.717, 1.165) is 69.6 Å². The molecule has 1 saturated heterocycles. The number of hydrogen-bond donors (Lipinski definition) is 2. The van der Waals surface area contributed by atoms with Crippen molar-refractivity contribution in [3.63, 3.8) is 0 Å². The van der Waals surface area contributed by atoms with E-state index in [1.54, 1.807) is 0 Å². The van der Waals surface area contributed by atoms with Crippen molar-refractivity contribution in [1.82, 2.24) is 20.5 Å². The molecule has 2 N–H and O–H groups in total. The van der Waals surface area contributed by atoms with Crippen LogP contribution in [0.4, 0.5) is 5.82 Å². The summed E-state index contributed by atoms with van der Waals surface area (Å²) < 4.78 is 5.62. The molecule has 0 spiro atoms. The van der Waals surface area contributed by atoms with Crippen molar-refractivity contribution in [2.45, 2.75) is 66.2 Å². The van der Waals surface area contributed by atoms with Gasteiger partial charge in [-0.3, -0.25) is 0 Å². The van der Waals surface area contributed by atoms with Crippen LogP contribution in [0.25, 0.3) is 0 Å². The Labute approximate surface area is 183 Å². The fourth-order valence-corrected chi connectivity index (χ4v) is 3.68. The minimum absolute atomic E-state index is 0.257. The first-order valence-electron chi connectivity index (χ1n) is 11.6. The summed E-state index contributed by atoms with van der Waals surface area (Å²) in [5, 5.41) is 6.90. The zero-order valence-electron chi connectivity index (χ0n) is 19.7. The fraction of sp³-hybridized carbons (Fsp3) is 0.739. The Bertz CT molecular complexity index is 617. The third kappa shape index (κ3) is 8.48. The highest BCUT2D eigenvalue weighted by Crippen LogP contribution is 2.15. The van der Waals surface area contributed by atoms with Gasteiger partial charge >= 0.3 is 0 Å². The standard InChI is InChI=1S/C23H42N6O/c1-6-24-23(27-19(4)10-9-13-28(7-2)8-3)26-17-21-11-12-22(25-16-21)29-14-15-30-20(5)18-29/h11-12,16,19-20H,6-10,13-15,17-18H2,1-5H3,(H2,24,26,27). The molecule has 2 heterocycles. The molecular formula is C23H42N6O. The minimum atomic E-state index is 0.257. The normalized spacial score (nSPS) is 18.5. The molecule has 1 fully saturated rings. The first kappa shape index (κ1) is 24.4. The van der Waals surface area contributed by atoms with Gasteiger partial charge in [0.05, 0.1) is 19.3 Å². The molecule has 170 valence electrons. The Balaban J connectivity index is 1.84. The minimum Gasteiger partial charge on any atom is -0.375 e. The predicted octanol–water partition coefficient (Wildman–Crippen LogP) is 2.87. The van der Waals surface area contributed by atoms with Gasteiger partial charge in [-0.05, 0) is 64.9 Å². The van der Waals surface area contributed by atoms with E-state index < -0.39 is 0 Å². The van der Waals surface area contributed by atoms with E-state index in [1.165, 1.54) is 6.42 Å². The Hall–Kier alpha value is -1.86. The number of rotatable bonds is 11. The van der Waals surface area contributed by atoms with Gasteiger partial charge in [0, 0.05) is 31.9 Å². The smallest absolute Gasteiger partial charge is 0.191 e. The van der Waals surface area contributed by atoms with Crippen molar-refractivity contribution in [3.05, 3.63) is 23.9 Å². The number of nitrogens with zero attached hydrogens (tertiary/aromatic N) is 4. The van der Waals surface area contributed by atoms with Crippen molar-refractivity contribution >= 4 is 11.8 Å². The van der Waals surface area contributed by atoms with Crippen LogP contribution in [0, 0.1) is 0 Å². The molecular weight excluding hydrogens is 376 g/mol. The molecule has 0 bridgehead atoms. The van der Waals surface area contributed by atoms with Crippen LogP contribution in [-0.4, -0.2) is 73.9 Å². The second-order valence-electron chi connectivity index (χ2n) is 8.06. The molecule has 0 radical (unpaired) electrons. The Morgan fingerprint density at radius 2 is 2.13 bits per heavy atom. The zero-order valence-corrected chi connectivity index (χ0v) is 19.7. The maximum absolute atomic E-state index is 5.62. The van der Waals surface area contributed by atoms with Gasteiger partial charge in [-0.2, -0.15) is 0 Å². The highest BCUT2D eigenvalue weighted by Gasteiger charge is 2.17. The molecule has 0 aromatic carbocycles. The number of anilines is 1. The van der Waals surface area contributed by atoms with E-state index >= 15 is 0 Å². The molecule has 2 unspecified atom stereocenters. The van der Waals surface area contributed by atoms with Crippen LogP contribution in [-0.2, 0) is 11.3 Å². The fourth-order valence-electron chi connectivity index (χ4n) is 3.68. The average Bonchev–Trinajstić information content (AvgIpc) is 2.75. The molecule has 2 atom stereocenters. The first-order valence-corrected chi connectivity index (χ1v) is 11.6. The number of guanidine groups is 1. The van der Waals surface area contributed by atoms with Gasteiger partial charge in [0.15, 0.2) is 5.96 Å². The number of morpholine rings is 1. The van der Waals surface area contributed by atoms with Crippen molar-refractivity contribution in [3.8, 4) is 0 Å². The summed E-state index contributed by atoms with van der Waals surface area (Å²) in [6, 6.07) is 4.62. The summed E-state index contributed by atoms with van der Waals surface area (Å²) in [6.07, 6.45) is 4.53. The second kappa shape index (κ2) is 13.4. The summed E-state index contributed by atoms with van der Waals surface area (Å²) in [6.45, 7) is 18.3. The molecule has 7 heteroatoms. The van der Waals surface area contributed by atoms with Crippen LogP contribution in [0.1, 0.15) is 53.0 Å². The van der Waals surface area contributed by atoms with E-state index in [9.17, 15) is 0 Å².